The lowest BCUT2D eigenvalue weighted by Crippen LogP contribution is -2.49. The molecule has 0 spiro atoms. The Morgan fingerprint density at radius 2 is 1.91 bits per heavy atom. The van der Waals surface area contributed by atoms with Crippen LogP contribution >= 0.6 is 0 Å². The summed E-state index contributed by atoms with van der Waals surface area (Å²) in [5.74, 6) is 1.51. The molecular weight excluding hydrogens is 428 g/mol. The molecule has 0 bridgehead atoms. The lowest BCUT2D eigenvalue weighted by Gasteiger charge is -2.49. The number of aliphatic hydroxyl groups is 1. The van der Waals surface area contributed by atoms with Crippen LogP contribution in [-0.4, -0.2) is 39.7 Å². The van der Waals surface area contributed by atoms with Gasteiger partial charge in [-0.1, -0.05) is 36.8 Å². The summed E-state index contributed by atoms with van der Waals surface area (Å²) in [5.41, 5.74) is 3.79. The fourth-order valence-corrected chi connectivity index (χ4v) is 9.04. The Morgan fingerprint density at radius 1 is 1.03 bits per heavy atom. The third kappa shape index (κ3) is 3.49. The fraction of sp³-hybridized carbons (Fsp3) is 0.594. The highest BCUT2D eigenvalue weighted by molar-refractivity contribution is 5.82. The van der Waals surface area contributed by atoms with Crippen LogP contribution in [0.2, 0.25) is 0 Å². The van der Waals surface area contributed by atoms with E-state index in [2.05, 4.69) is 53.2 Å². The normalized spacial score (nSPS) is 39.4. The zero-order chi connectivity index (χ0) is 23.6. The molecule has 1 saturated heterocycles. The van der Waals surface area contributed by atoms with E-state index in [-0.39, 0.29) is 5.41 Å². The lowest BCUT2D eigenvalue weighted by molar-refractivity contribution is -0.0475. The molecule has 6 atom stereocenters. The number of fused-ring (bicyclic) bond motifs is 5. The van der Waals surface area contributed by atoms with Gasteiger partial charge in [0.25, 0.3) is 0 Å². The number of nitrogens with zero attached hydrogens (tertiary/aromatic N) is 2. The molecule has 3 nitrogen and oxygen atoms in total. The zero-order valence-electron chi connectivity index (χ0n) is 21.3. The summed E-state index contributed by atoms with van der Waals surface area (Å²) in [4.78, 5) is 7.13. The highest BCUT2D eigenvalue weighted by atomic mass is 16.3. The SMILES string of the molecule is CC12CC=C3C=C4CCC(N5CCCC5)CC4CC[C@]3(O)C1CCC2c1ccc2ccncc2c1. The van der Waals surface area contributed by atoms with Crippen molar-refractivity contribution in [3.63, 3.8) is 0 Å². The molecule has 5 aliphatic rings. The average molecular weight is 469 g/mol. The first-order chi connectivity index (χ1) is 17.0. The largest absolute Gasteiger partial charge is 0.385 e. The molecule has 184 valence electrons. The van der Waals surface area contributed by atoms with Crippen LogP contribution in [0.3, 0.4) is 0 Å². The Labute approximate surface area is 210 Å². The van der Waals surface area contributed by atoms with Gasteiger partial charge in [0.05, 0.1) is 5.60 Å². The van der Waals surface area contributed by atoms with Gasteiger partial charge in [-0.2, -0.15) is 0 Å². The highest BCUT2D eigenvalue weighted by Gasteiger charge is 2.58. The number of allylic oxidation sites excluding steroid dienone is 2. The summed E-state index contributed by atoms with van der Waals surface area (Å²) in [7, 11) is 0. The zero-order valence-corrected chi connectivity index (χ0v) is 21.3. The maximum absolute atomic E-state index is 12.4. The maximum atomic E-state index is 12.4. The molecule has 5 unspecified atom stereocenters. The van der Waals surface area contributed by atoms with Gasteiger partial charge in [-0.3, -0.25) is 4.98 Å². The summed E-state index contributed by atoms with van der Waals surface area (Å²) in [5, 5.41) is 14.9. The van der Waals surface area contributed by atoms with E-state index in [0.717, 1.165) is 31.7 Å². The van der Waals surface area contributed by atoms with Gasteiger partial charge in [0.15, 0.2) is 0 Å². The number of pyridine rings is 1. The maximum Gasteiger partial charge on any atom is 0.0927 e. The highest BCUT2D eigenvalue weighted by Crippen LogP contribution is 2.64. The van der Waals surface area contributed by atoms with Gasteiger partial charge in [0.1, 0.15) is 0 Å². The molecule has 3 heteroatoms. The Kier molecular flexibility index (Phi) is 5.26. The van der Waals surface area contributed by atoms with E-state index in [1.807, 2.05) is 12.4 Å². The van der Waals surface area contributed by atoms with E-state index < -0.39 is 5.60 Å². The topological polar surface area (TPSA) is 36.4 Å². The summed E-state index contributed by atoms with van der Waals surface area (Å²) >= 11 is 0. The monoisotopic (exact) mass is 468 g/mol. The van der Waals surface area contributed by atoms with E-state index in [4.69, 9.17) is 0 Å². The molecule has 1 aliphatic heterocycles. The summed E-state index contributed by atoms with van der Waals surface area (Å²) in [6, 6.07) is 9.84. The minimum absolute atomic E-state index is 0.111. The molecule has 7 rings (SSSR count). The average Bonchev–Trinajstić information content (AvgIpc) is 3.51. The van der Waals surface area contributed by atoms with Crippen molar-refractivity contribution >= 4 is 10.8 Å². The molecule has 1 N–H and O–H groups in total. The Bertz CT molecular complexity index is 1190. The van der Waals surface area contributed by atoms with Crippen LogP contribution < -0.4 is 0 Å². The van der Waals surface area contributed by atoms with Crippen molar-refractivity contribution in [1.82, 2.24) is 9.88 Å². The molecular formula is C32H40N2O. The van der Waals surface area contributed by atoms with Gasteiger partial charge in [-0.15, -0.1) is 0 Å². The number of aromatic nitrogens is 1. The van der Waals surface area contributed by atoms with Crippen LogP contribution in [0, 0.1) is 17.3 Å². The third-order valence-corrected chi connectivity index (χ3v) is 11.0. The summed E-state index contributed by atoms with van der Waals surface area (Å²) in [6.45, 7) is 5.08. The first kappa shape index (κ1) is 22.2. The summed E-state index contributed by atoms with van der Waals surface area (Å²) < 4.78 is 0. The fourth-order valence-electron chi connectivity index (χ4n) is 9.04. The van der Waals surface area contributed by atoms with E-state index in [1.165, 1.54) is 73.5 Å². The number of hydrogen-bond donors (Lipinski definition) is 1. The first-order valence-corrected chi connectivity index (χ1v) is 14.3. The predicted molar refractivity (Wildman–Crippen MR) is 142 cm³/mol. The molecule has 2 aromatic rings. The van der Waals surface area contributed by atoms with Crippen LogP contribution in [0.1, 0.15) is 82.6 Å². The van der Waals surface area contributed by atoms with Crippen molar-refractivity contribution in [1.29, 1.82) is 0 Å². The van der Waals surface area contributed by atoms with E-state index >= 15 is 0 Å². The number of rotatable bonds is 2. The number of benzene rings is 1. The van der Waals surface area contributed by atoms with E-state index in [9.17, 15) is 5.11 Å². The van der Waals surface area contributed by atoms with Crippen LogP contribution in [0.4, 0.5) is 0 Å². The molecule has 1 aromatic heterocycles. The van der Waals surface area contributed by atoms with Crippen molar-refractivity contribution < 1.29 is 5.11 Å². The summed E-state index contributed by atoms with van der Waals surface area (Å²) in [6.07, 6.45) is 20.9. The minimum Gasteiger partial charge on any atom is -0.385 e. The van der Waals surface area contributed by atoms with Crippen molar-refractivity contribution in [3.05, 3.63) is 65.5 Å². The molecule has 0 radical (unpaired) electrons. The van der Waals surface area contributed by atoms with Crippen LogP contribution in [-0.2, 0) is 0 Å². The predicted octanol–water partition coefficient (Wildman–Crippen LogP) is 6.78. The Morgan fingerprint density at radius 3 is 2.80 bits per heavy atom. The molecule has 35 heavy (non-hydrogen) atoms. The third-order valence-electron chi connectivity index (χ3n) is 11.0. The molecule has 2 saturated carbocycles. The van der Waals surface area contributed by atoms with Gasteiger partial charge < -0.3 is 10.0 Å². The quantitative estimate of drug-likeness (QED) is 0.528. The van der Waals surface area contributed by atoms with Crippen molar-refractivity contribution in [3.8, 4) is 0 Å². The second-order valence-electron chi connectivity index (χ2n) is 12.6. The van der Waals surface area contributed by atoms with Crippen molar-refractivity contribution in [2.75, 3.05) is 13.1 Å². The van der Waals surface area contributed by atoms with Gasteiger partial charge in [0.2, 0.25) is 0 Å². The van der Waals surface area contributed by atoms with Crippen molar-refractivity contribution in [2.45, 2.75) is 88.7 Å². The van der Waals surface area contributed by atoms with Crippen molar-refractivity contribution in [2.24, 2.45) is 17.3 Å². The first-order valence-electron chi connectivity index (χ1n) is 14.3. The molecule has 0 amide bonds. The van der Waals surface area contributed by atoms with E-state index in [1.54, 1.807) is 5.57 Å². The standard InChI is InChI=1S/C32H40N2O/c1-31-13-11-27-19-23-6-7-28(34-16-2-3-17-34)20-24(23)10-14-32(27,35)30(31)9-8-29(31)25-5-4-22-12-15-33-21-26(22)18-25/h4-5,11-12,15,18-19,21,24,28-30,35H,2-3,6-10,13-14,16-17,20H2,1H3/t24?,28?,29?,30?,31?,32-/m1/s1. The smallest absolute Gasteiger partial charge is 0.0927 e. The molecule has 2 heterocycles. The molecule has 1 aromatic carbocycles. The van der Waals surface area contributed by atoms with Crippen LogP contribution in [0.25, 0.3) is 10.8 Å². The van der Waals surface area contributed by atoms with Gasteiger partial charge in [-0.25, -0.2) is 0 Å². The van der Waals surface area contributed by atoms with E-state index in [0.29, 0.717) is 17.8 Å². The second-order valence-corrected chi connectivity index (χ2v) is 12.6. The van der Waals surface area contributed by atoms with Gasteiger partial charge >= 0.3 is 0 Å². The molecule has 4 aliphatic carbocycles. The lowest BCUT2D eigenvalue weighted by atomic mass is 9.58. The minimum atomic E-state index is -0.659. The van der Waals surface area contributed by atoms with Crippen LogP contribution in [0.15, 0.2) is 60.0 Å². The number of likely N-dealkylation sites (tertiary alicyclic amines) is 1. The van der Waals surface area contributed by atoms with Gasteiger partial charge in [-0.05, 0) is 129 Å². The van der Waals surface area contributed by atoms with Crippen LogP contribution in [0.5, 0.6) is 0 Å². The number of hydrogen-bond acceptors (Lipinski definition) is 3. The Balaban J connectivity index is 1.17. The second kappa shape index (κ2) is 8.28. The van der Waals surface area contributed by atoms with Gasteiger partial charge in [0, 0.05) is 23.8 Å². The Hall–Kier alpha value is -1.97. The molecule has 3 fully saturated rings.